The summed E-state index contributed by atoms with van der Waals surface area (Å²) in [6.07, 6.45) is 7.11. The van der Waals surface area contributed by atoms with E-state index in [0.717, 1.165) is 23.0 Å². The summed E-state index contributed by atoms with van der Waals surface area (Å²) in [5.41, 5.74) is 2.18. The lowest BCUT2D eigenvalue weighted by molar-refractivity contribution is 0.0738. The normalized spacial score (nSPS) is 14.5. The van der Waals surface area contributed by atoms with Crippen molar-refractivity contribution < 1.29 is 4.79 Å². The summed E-state index contributed by atoms with van der Waals surface area (Å²) in [7, 11) is 0. The molecule has 1 saturated heterocycles. The van der Waals surface area contributed by atoms with Crippen molar-refractivity contribution in [3.63, 3.8) is 0 Å². The average molecular weight is 388 g/mol. The maximum atomic E-state index is 13.1. The van der Waals surface area contributed by atoms with Crippen LogP contribution in [0.5, 0.6) is 0 Å². The van der Waals surface area contributed by atoms with Crippen LogP contribution in [0, 0.1) is 6.92 Å². The molecule has 0 spiro atoms. The topological polar surface area (TPSA) is 84.5 Å². The number of rotatable bonds is 3. The number of fused-ring (bicyclic) bond motifs is 1. The van der Waals surface area contributed by atoms with Gasteiger partial charge in [-0.3, -0.25) is 13.8 Å². The molecule has 4 aromatic rings. The van der Waals surface area contributed by atoms with Crippen LogP contribution >= 0.6 is 0 Å². The summed E-state index contributed by atoms with van der Waals surface area (Å²) in [4.78, 5) is 25.7. The maximum absolute atomic E-state index is 13.1. The van der Waals surface area contributed by atoms with Gasteiger partial charge in [-0.1, -0.05) is 6.07 Å². The summed E-state index contributed by atoms with van der Waals surface area (Å²) in [6, 6.07) is 9.62. The molecule has 1 fully saturated rings. The van der Waals surface area contributed by atoms with Crippen LogP contribution in [-0.4, -0.2) is 66.1 Å². The summed E-state index contributed by atoms with van der Waals surface area (Å²) in [6.45, 7) is 4.56. The Bertz CT molecular complexity index is 1140. The second-order valence-electron chi connectivity index (χ2n) is 6.97. The molecule has 29 heavy (non-hydrogen) atoms. The first kappa shape index (κ1) is 17.4. The van der Waals surface area contributed by atoms with Crippen LogP contribution in [0.1, 0.15) is 16.2 Å². The molecule has 4 aromatic heterocycles. The van der Waals surface area contributed by atoms with Gasteiger partial charge in [0.25, 0.3) is 5.91 Å². The smallest absolute Gasteiger partial charge is 0.272 e. The van der Waals surface area contributed by atoms with E-state index in [1.165, 1.54) is 0 Å². The molecule has 0 saturated carbocycles. The molecule has 146 valence electrons. The predicted molar refractivity (Wildman–Crippen MR) is 107 cm³/mol. The number of aryl methyl sites for hydroxylation is 1. The molecule has 0 aromatic carbocycles. The number of piperazine rings is 1. The minimum Gasteiger partial charge on any atom is -0.352 e. The predicted octanol–water partition coefficient (Wildman–Crippen LogP) is 1.58. The lowest BCUT2D eigenvalue weighted by Gasteiger charge is -2.35. The van der Waals surface area contributed by atoms with Gasteiger partial charge in [0.15, 0.2) is 11.6 Å². The van der Waals surface area contributed by atoms with E-state index >= 15 is 0 Å². The summed E-state index contributed by atoms with van der Waals surface area (Å²) >= 11 is 0. The van der Waals surface area contributed by atoms with E-state index in [4.69, 9.17) is 0 Å². The molecular formula is C20H20N8O. The van der Waals surface area contributed by atoms with Crippen molar-refractivity contribution in [2.45, 2.75) is 6.92 Å². The Kier molecular flexibility index (Phi) is 4.19. The van der Waals surface area contributed by atoms with Crippen LogP contribution in [0.25, 0.3) is 11.5 Å². The number of nitrogens with zero attached hydrogens (tertiary/aromatic N) is 8. The van der Waals surface area contributed by atoms with E-state index < -0.39 is 0 Å². The first-order chi connectivity index (χ1) is 14.2. The molecule has 1 aliphatic heterocycles. The second-order valence-corrected chi connectivity index (χ2v) is 6.97. The van der Waals surface area contributed by atoms with Crippen molar-refractivity contribution in [3.05, 3.63) is 66.6 Å². The standard InChI is InChI=1S/C20H20N8O/c1-15-19(28-8-3-2-4-16(28)22-15)20(29)26-12-10-25(11-13-26)17-5-6-18(24-23-17)27-9-7-21-14-27/h2-9,14H,10-13H2,1H3. The van der Waals surface area contributed by atoms with Crippen LogP contribution in [0.2, 0.25) is 0 Å². The quantitative estimate of drug-likeness (QED) is 0.530. The van der Waals surface area contributed by atoms with Crippen molar-refractivity contribution in [3.8, 4) is 5.82 Å². The molecule has 0 bridgehead atoms. The van der Waals surface area contributed by atoms with Crippen molar-refractivity contribution in [1.29, 1.82) is 0 Å². The molecule has 0 radical (unpaired) electrons. The third-order valence-corrected chi connectivity index (χ3v) is 5.20. The van der Waals surface area contributed by atoms with E-state index in [1.54, 1.807) is 12.5 Å². The first-order valence-electron chi connectivity index (χ1n) is 9.51. The van der Waals surface area contributed by atoms with Gasteiger partial charge in [-0.15, -0.1) is 10.2 Å². The van der Waals surface area contributed by atoms with E-state index in [2.05, 4.69) is 25.1 Å². The van der Waals surface area contributed by atoms with Gasteiger partial charge in [0, 0.05) is 44.8 Å². The number of hydrogen-bond donors (Lipinski definition) is 0. The van der Waals surface area contributed by atoms with Crippen LogP contribution in [-0.2, 0) is 0 Å². The lowest BCUT2D eigenvalue weighted by atomic mass is 10.2. The zero-order chi connectivity index (χ0) is 19.8. The highest BCUT2D eigenvalue weighted by molar-refractivity contribution is 5.94. The SMILES string of the molecule is Cc1nc2ccccn2c1C(=O)N1CCN(c2ccc(-n3ccnc3)nn2)CC1. The monoisotopic (exact) mass is 388 g/mol. The number of pyridine rings is 1. The molecule has 1 amide bonds. The third kappa shape index (κ3) is 3.10. The van der Waals surface area contributed by atoms with Gasteiger partial charge in [0.05, 0.1) is 5.69 Å². The van der Waals surface area contributed by atoms with E-state index in [1.807, 2.05) is 63.5 Å². The minimum atomic E-state index is 0.0161. The van der Waals surface area contributed by atoms with Gasteiger partial charge in [-0.25, -0.2) is 9.97 Å². The Morgan fingerprint density at radius 1 is 0.966 bits per heavy atom. The molecule has 9 heteroatoms. The molecular weight excluding hydrogens is 368 g/mol. The number of aromatic nitrogens is 6. The summed E-state index contributed by atoms with van der Waals surface area (Å²) < 4.78 is 3.68. The first-order valence-corrected chi connectivity index (χ1v) is 9.51. The van der Waals surface area contributed by atoms with Crippen molar-refractivity contribution in [1.82, 2.24) is 34.0 Å². The van der Waals surface area contributed by atoms with Crippen molar-refractivity contribution >= 4 is 17.4 Å². The zero-order valence-electron chi connectivity index (χ0n) is 16.0. The average Bonchev–Trinajstić information content (AvgIpc) is 3.41. The highest BCUT2D eigenvalue weighted by Crippen LogP contribution is 2.18. The van der Waals surface area contributed by atoms with Crippen LogP contribution < -0.4 is 4.90 Å². The Hall–Kier alpha value is -3.75. The molecule has 0 atom stereocenters. The van der Waals surface area contributed by atoms with Gasteiger partial charge in [-0.2, -0.15) is 0 Å². The van der Waals surface area contributed by atoms with Gasteiger partial charge in [0.1, 0.15) is 17.7 Å². The fourth-order valence-corrected chi connectivity index (χ4v) is 3.68. The maximum Gasteiger partial charge on any atom is 0.272 e. The van der Waals surface area contributed by atoms with Gasteiger partial charge < -0.3 is 9.80 Å². The Morgan fingerprint density at radius 2 is 1.76 bits per heavy atom. The van der Waals surface area contributed by atoms with Gasteiger partial charge >= 0.3 is 0 Å². The molecule has 9 nitrogen and oxygen atoms in total. The number of carbonyl (C=O) groups is 1. The Morgan fingerprint density at radius 3 is 2.48 bits per heavy atom. The summed E-state index contributed by atoms with van der Waals surface area (Å²) in [5, 5.41) is 8.62. The minimum absolute atomic E-state index is 0.0161. The molecule has 0 unspecified atom stereocenters. The van der Waals surface area contributed by atoms with Crippen molar-refractivity contribution in [2.24, 2.45) is 0 Å². The third-order valence-electron chi connectivity index (χ3n) is 5.20. The lowest BCUT2D eigenvalue weighted by Crippen LogP contribution is -2.49. The highest BCUT2D eigenvalue weighted by atomic mass is 16.2. The number of imidazole rings is 2. The molecule has 1 aliphatic rings. The fraction of sp³-hybridized carbons (Fsp3) is 0.250. The van der Waals surface area contributed by atoms with Crippen molar-refractivity contribution in [2.75, 3.05) is 31.1 Å². The molecule has 5 heterocycles. The fourth-order valence-electron chi connectivity index (χ4n) is 3.68. The summed E-state index contributed by atoms with van der Waals surface area (Å²) in [5.74, 6) is 1.55. The Labute approximate surface area is 167 Å². The highest BCUT2D eigenvalue weighted by Gasteiger charge is 2.26. The van der Waals surface area contributed by atoms with Crippen LogP contribution in [0.4, 0.5) is 5.82 Å². The molecule has 0 aliphatic carbocycles. The zero-order valence-corrected chi connectivity index (χ0v) is 16.0. The molecule has 5 rings (SSSR count). The number of carbonyl (C=O) groups excluding carboxylic acids is 1. The van der Waals surface area contributed by atoms with Gasteiger partial charge in [-0.05, 0) is 31.2 Å². The van der Waals surface area contributed by atoms with Crippen LogP contribution in [0.15, 0.2) is 55.2 Å². The molecule has 0 N–H and O–H groups in total. The Balaban J connectivity index is 1.29. The largest absolute Gasteiger partial charge is 0.352 e. The van der Waals surface area contributed by atoms with Gasteiger partial charge in [0.2, 0.25) is 0 Å². The number of hydrogen-bond acceptors (Lipinski definition) is 6. The van der Waals surface area contributed by atoms with E-state index in [-0.39, 0.29) is 5.91 Å². The van der Waals surface area contributed by atoms with E-state index in [9.17, 15) is 4.79 Å². The van der Waals surface area contributed by atoms with E-state index in [0.29, 0.717) is 31.9 Å². The number of amides is 1. The number of anilines is 1. The second kappa shape index (κ2) is 7.01. The van der Waals surface area contributed by atoms with Crippen LogP contribution in [0.3, 0.4) is 0 Å².